The quantitative estimate of drug-likeness (QED) is 0.735. The van der Waals surface area contributed by atoms with Crippen LogP contribution in [0.5, 0.6) is 0 Å². The molecule has 1 aromatic heterocycles. The SMILES string of the molecule is Cn1cnnc1CCNC(=O)C(F)F. The van der Waals surface area contributed by atoms with E-state index < -0.39 is 12.3 Å². The molecule has 0 bridgehead atoms. The maximum Gasteiger partial charge on any atom is 0.315 e. The van der Waals surface area contributed by atoms with Crippen molar-refractivity contribution in [3.8, 4) is 0 Å². The highest BCUT2D eigenvalue weighted by molar-refractivity contribution is 5.78. The summed E-state index contributed by atoms with van der Waals surface area (Å²) in [5, 5.41) is 9.42. The molecule has 0 aromatic carbocycles. The first-order chi connectivity index (χ1) is 6.61. The monoisotopic (exact) mass is 204 g/mol. The fourth-order valence-corrected chi connectivity index (χ4v) is 0.908. The lowest BCUT2D eigenvalue weighted by Crippen LogP contribution is -2.31. The number of aromatic nitrogens is 3. The highest BCUT2D eigenvalue weighted by atomic mass is 19.3. The smallest absolute Gasteiger partial charge is 0.315 e. The first kappa shape index (κ1) is 10.6. The molecular weight excluding hydrogens is 194 g/mol. The second-order valence-electron chi connectivity index (χ2n) is 2.70. The van der Waals surface area contributed by atoms with E-state index in [-0.39, 0.29) is 6.54 Å². The molecule has 0 fully saturated rings. The van der Waals surface area contributed by atoms with E-state index in [9.17, 15) is 13.6 Å². The molecule has 1 N–H and O–H groups in total. The van der Waals surface area contributed by atoms with E-state index in [1.165, 1.54) is 6.33 Å². The summed E-state index contributed by atoms with van der Waals surface area (Å²) in [6.45, 7) is 0.135. The van der Waals surface area contributed by atoms with Gasteiger partial charge < -0.3 is 9.88 Å². The van der Waals surface area contributed by atoms with Gasteiger partial charge in [0.1, 0.15) is 12.2 Å². The number of nitrogens with zero attached hydrogens (tertiary/aromatic N) is 3. The summed E-state index contributed by atoms with van der Waals surface area (Å²) in [5.41, 5.74) is 0. The lowest BCUT2D eigenvalue weighted by Gasteiger charge is -2.03. The first-order valence-corrected chi connectivity index (χ1v) is 4.00. The minimum Gasteiger partial charge on any atom is -0.351 e. The third kappa shape index (κ3) is 2.75. The zero-order chi connectivity index (χ0) is 10.6. The summed E-state index contributed by atoms with van der Waals surface area (Å²) in [7, 11) is 1.74. The van der Waals surface area contributed by atoms with E-state index in [0.29, 0.717) is 12.2 Å². The van der Waals surface area contributed by atoms with Gasteiger partial charge in [0.25, 0.3) is 5.91 Å². The van der Waals surface area contributed by atoms with Gasteiger partial charge >= 0.3 is 6.43 Å². The van der Waals surface area contributed by atoms with Crippen molar-refractivity contribution < 1.29 is 13.6 Å². The Morgan fingerprint density at radius 2 is 2.43 bits per heavy atom. The van der Waals surface area contributed by atoms with E-state index >= 15 is 0 Å². The number of halogens is 2. The highest BCUT2D eigenvalue weighted by Gasteiger charge is 2.13. The van der Waals surface area contributed by atoms with Crippen molar-refractivity contribution in [2.24, 2.45) is 7.05 Å². The number of hydrogen-bond acceptors (Lipinski definition) is 3. The summed E-state index contributed by atoms with van der Waals surface area (Å²) < 4.78 is 25.1. The van der Waals surface area contributed by atoms with Crippen LogP contribution >= 0.6 is 0 Å². The average Bonchev–Trinajstić information content (AvgIpc) is 2.51. The van der Waals surface area contributed by atoms with Gasteiger partial charge in [-0.3, -0.25) is 4.79 Å². The Labute approximate surface area is 79.1 Å². The molecule has 0 aliphatic rings. The topological polar surface area (TPSA) is 59.8 Å². The van der Waals surface area contributed by atoms with Crippen molar-refractivity contribution in [1.29, 1.82) is 0 Å². The van der Waals surface area contributed by atoms with Crippen LogP contribution in [0.15, 0.2) is 6.33 Å². The largest absolute Gasteiger partial charge is 0.351 e. The molecule has 0 aliphatic heterocycles. The van der Waals surface area contributed by atoms with E-state index in [4.69, 9.17) is 0 Å². The van der Waals surface area contributed by atoms with Gasteiger partial charge in [-0.05, 0) is 0 Å². The highest BCUT2D eigenvalue weighted by Crippen LogP contribution is 1.93. The zero-order valence-corrected chi connectivity index (χ0v) is 7.57. The Morgan fingerprint density at radius 1 is 1.71 bits per heavy atom. The second-order valence-corrected chi connectivity index (χ2v) is 2.70. The van der Waals surface area contributed by atoms with E-state index in [2.05, 4.69) is 15.5 Å². The van der Waals surface area contributed by atoms with Crippen LogP contribution in [-0.2, 0) is 18.3 Å². The Hall–Kier alpha value is -1.53. The van der Waals surface area contributed by atoms with E-state index in [0.717, 1.165) is 0 Å². The van der Waals surface area contributed by atoms with Crippen molar-refractivity contribution >= 4 is 5.91 Å². The summed E-state index contributed by atoms with van der Waals surface area (Å²) >= 11 is 0. The molecule has 0 saturated carbocycles. The molecule has 0 unspecified atom stereocenters. The molecule has 7 heteroatoms. The molecule has 0 spiro atoms. The molecule has 0 atom stereocenters. The summed E-state index contributed by atoms with van der Waals surface area (Å²) in [5.74, 6) is -0.619. The molecule has 5 nitrogen and oxygen atoms in total. The van der Waals surface area contributed by atoms with Crippen molar-refractivity contribution in [2.75, 3.05) is 6.54 Å². The van der Waals surface area contributed by atoms with E-state index in [1.807, 2.05) is 0 Å². The Kier molecular flexibility index (Phi) is 3.49. The van der Waals surface area contributed by atoms with Crippen molar-refractivity contribution in [2.45, 2.75) is 12.8 Å². The molecule has 1 heterocycles. The lowest BCUT2D eigenvalue weighted by molar-refractivity contribution is -0.131. The minimum atomic E-state index is -2.96. The van der Waals surface area contributed by atoms with Crippen molar-refractivity contribution in [1.82, 2.24) is 20.1 Å². The van der Waals surface area contributed by atoms with E-state index in [1.54, 1.807) is 11.6 Å². The van der Waals surface area contributed by atoms with Crippen LogP contribution in [0, 0.1) is 0 Å². The van der Waals surface area contributed by atoms with Crippen LogP contribution in [0.4, 0.5) is 8.78 Å². The fourth-order valence-electron chi connectivity index (χ4n) is 0.908. The number of aryl methyl sites for hydroxylation is 1. The Morgan fingerprint density at radius 3 is 2.93 bits per heavy atom. The van der Waals surface area contributed by atoms with Crippen LogP contribution in [0.2, 0.25) is 0 Å². The van der Waals surface area contributed by atoms with Crippen LogP contribution in [0.3, 0.4) is 0 Å². The van der Waals surface area contributed by atoms with Crippen molar-refractivity contribution in [3.05, 3.63) is 12.2 Å². The molecule has 1 rings (SSSR count). The Bertz CT molecular complexity index is 312. The normalized spacial score (nSPS) is 10.6. The molecule has 0 saturated heterocycles. The van der Waals surface area contributed by atoms with Crippen LogP contribution in [-0.4, -0.2) is 33.6 Å². The van der Waals surface area contributed by atoms with Gasteiger partial charge in [0.15, 0.2) is 0 Å². The zero-order valence-electron chi connectivity index (χ0n) is 7.57. The third-order valence-electron chi connectivity index (χ3n) is 1.65. The van der Waals surface area contributed by atoms with Crippen molar-refractivity contribution in [3.63, 3.8) is 0 Å². The number of carbonyl (C=O) groups is 1. The van der Waals surface area contributed by atoms with Gasteiger partial charge in [-0.2, -0.15) is 8.78 Å². The van der Waals surface area contributed by atoms with Crippen LogP contribution in [0.1, 0.15) is 5.82 Å². The molecule has 78 valence electrons. The minimum absolute atomic E-state index is 0.135. The number of amides is 1. The molecule has 0 aliphatic carbocycles. The van der Waals surface area contributed by atoms with Crippen LogP contribution in [0.25, 0.3) is 0 Å². The predicted octanol–water partition coefficient (Wildman–Crippen LogP) is -0.261. The fraction of sp³-hybridized carbons (Fsp3) is 0.571. The van der Waals surface area contributed by atoms with Gasteiger partial charge in [0.2, 0.25) is 0 Å². The number of carbonyl (C=O) groups excluding carboxylic acids is 1. The number of nitrogens with one attached hydrogen (secondary N) is 1. The number of rotatable bonds is 4. The summed E-state index contributed by atoms with van der Waals surface area (Å²) in [6, 6.07) is 0. The van der Waals surface area contributed by atoms with Gasteiger partial charge in [-0.15, -0.1) is 10.2 Å². The number of alkyl halides is 2. The average molecular weight is 204 g/mol. The van der Waals surface area contributed by atoms with Crippen LogP contribution < -0.4 is 5.32 Å². The molecule has 0 radical (unpaired) electrons. The number of hydrogen-bond donors (Lipinski definition) is 1. The van der Waals surface area contributed by atoms with Gasteiger partial charge in [-0.1, -0.05) is 0 Å². The lowest BCUT2D eigenvalue weighted by atomic mass is 10.4. The van der Waals surface area contributed by atoms with Gasteiger partial charge in [0, 0.05) is 20.0 Å². The third-order valence-corrected chi connectivity index (χ3v) is 1.65. The maximum absolute atomic E-state index is 11.7. The molecule has 1 aromatic rings. The molecular formula is C7H10F2N4O. The standard InChI is InChI=1S/C7H10F2N4O/c1-13-4-11-12-5(13)2-3-10-7(14)6(8)9/h4,6H,2-3H2,1H3,(H,10,14). The van der Waals surface area contributed by atoms with Gasteiger partial charge in [-0.25, -0.2) is 0 Å². The maximum atomic E-state index is 11.7. The molecule has 1 amide bonds. The predicted molar refractivity (Wildman–Crippen MR) is 43.7 cm³/mol. The molecule has 14 heavy (non-hydrogen) atoms. The van der Waals surface area contributed by atoms with Gasteiger partial charge in [0.05, 0.1) is 0 Å². The Balaban J connectivity index is 2.29. The first-order valence-electron chi connectivity index (χ1n) is 4.00. The summed E-state index contributed by atoms with van der Waals surface area (Å²) in [6.07, 6.45) is -1.08. The second kappa shape index (κ2) is 4.64. The summed E-state index contributed by atoms with van der Waals surface area (Å²) in [4.78, 5) is 10.5.